The maximum Gasteiger partial charge on any atom is 0.227 e. The molecule has 102 valence electrons. The van der Waals surface area contributed by atoms with E-state index in [1.165, 1.54) is 12.8 Å². The van der Waals surface area contributed by atoms with Crippen molar-refractivity contribution in [3.8, 4) is 5.75 Å². The van der Waals surface area contributed by atoms with E-state index in [1.54, 1.807) is 0 Å². The standard InChI is InChI=1S/C15H19NO3/c17-15(11-3-1-2-4-11)16-12-5-7-13(8-6-12)19-14-9-18-10-14/h5-8,11,14H,1-4,9-10H2,(H,16,17). The Labute approximate surface area is 113 Å². The van der Waals surface area contributed by atoms with E-state index < -0.39 is 0 Å². The third kappa shape index (κ3) is 3.07. The molecule has 1 aliphatic carbocycles. The summed E-state index contributed by atoms with van der Waals surface area (Å²) >= 11 is 0. The van der Waals surface area contributed by atoms with Gasteiger partial charge < -0.3 is 14.8 Å². The molecule has 4 nitrogen and oxygen atoms in total. The molecule has 1 saturated carbocycles. The first-order chi connectivity index (χ1) is 9.31. The zero-order chi connectivity index (χ0) is 13.1. The molecule has 1 heterocycles. The van der Waals surface area contributed by atoms with Crippen molar-refractivity contribution in [2.24, 2.45) is 5.92 Å². The quantitative estimate of drug-likeness (QED) is 0.906. The molecular weight excluding hydrogens is 242 g/mol. The van der Waals surface area contributed by atoms with Crippen LogP contribution >= 0.6 is 0 Å². The summed E-state index contributed by atoms with van der Waals surface area (Å²) in [6.45, 7) is 1.33. The van der Waals surface area contributed by atoms with E-state index in [-0.39, 0.29) is 17.9 Å². The lowest BCUT2D eigenvalue weighted by Crippen LogP contribution is -2.38. The fourth-order valence-corrected chi connectivity index (χ4v) is 2.52. The number of amides is 1. The van der Waals surface area contributed by atoms with Gasteiger partial charge >= 0.3 is 0 Å². The average Bonchev–Trinajstić information content (AvgIpc) is 2.89. The van der Waals surface area contributed by atoms with Gasteiger partial charge in [0.15, 0.2) is 0 Å². The number of rotatable bonds is 4. The molecule has 1 amide bonds. The molecular formula is C15H19NO3. The summed E-state index contributed by atoms with van der Waals surface area (Å²) in [5.41, 5.74) is 0.842. The first kappa shape index (κ1) is 12.5. The lowest BCUT2D eigenvalue weighted by Gasteiger charge is -2.26. The van der Waals surface area contributed by atoms with Gasteiger partial charge in [-0.25, -0.2) is 0 Å². The highest BCUT2D eigenvalue weighted by atomic mass is 16.6. The molecule has 3 rings (SSSR count). The Hall–Kier alpha value is -1.55. The molecule has 4 heteroatoms. The Morgan fingerprint density at radius 1 is 1.16 bits per heavy atom. The van der Waals surface area contributed by atoms with E-state index in [2.05, 4.69) is 5.32 Å². The molecule has 0 bridgehead atoms. The van der Waals surface area contributed by atoms with Crippen molar-refractivity contribution in [1.29, 1.82) is 0 Å². The van der Waals surface area contributed by atoms with Gasteiger partial charge in [0.1, 0.15) is 11.9 Å². The molecule has 1 aromatic carbocycles. The highest BCUT2D eigenvalue weighted by Crippen LogP contribution is 2.26. The average molecular weight is 261 g/mol. The van der Waals surface area contributed by atoms with Gasteiger partial charge in [-0.3, -0.25) is 4.79 Å². The molecule has 2 aliphatic rings. The topological polar surface area (TPSA) is 47.6 Å². The van der Waals surface area contributed by atoms with E-state index >= 15 is 0 Å². The van der Waals surface area contributed by atoms with Crippen molar-refractivity contribution in [2.45, 2.75) is 31.8 Å². The van der Waals surface area contributed by atoms with E-state index in [9.17, 15) is 4.79 Å². The predicted molar refractivity (Wildman–Crippen MR) is 72.3 cm³/mol. The molecule has 0 spiro atoms. The Bertz CT molecular complexity index is 433. The number of nitrogens with one attached hydrogen (secondary N) is 1. The van der Waals surface area contributed by atoms with Gasteiger partial charge in [-0.1, -0.05) is 12.8 Å². The van der Waals surface area contributed by atoms with Gasteiger partial charge in [0.2, 0.25) is 5.91 Å². The Morgan fingerprint density at radius 3 is 2.42 bits per heavy atom. The van der Waals surface area contributed by atoms with Crippen LogP contribution in [-0.2, 0) is 9.53 Å². The summed E-state index contributed by atoms with van der Waals surface area (Å²) in [5.74, 6) is 1.17. The number of hydrogen-bond donors (Lipinski definition) is 1. The third-order valence-electron chi connectivity index (χ3n) is 3.76. The summed E-state index contributed by atoms with van der Waals surface area (Å²) in [4.78, 5) is 12.0. The van der Waals surface area contributed by atoms with Crippen molar-refractivity contribution in [3.63, 3.8) is 0 Å². The molecule has 2 fully saturated rings. The smallest absolute Gasteiger partial charge is 0.227 e. The minimum Gasteiger partial charge on any atom is -0.486 e. The Balaban J connectivity index is 1.54. The molecule has 1 saturated heterocycles. The zero-order valence-corrected chi connectivity index (χ0v) is 10.9. The number of ether oxygens (including phenoxy) is 2. The molecule has 1 N–H and O–H groups in total. The zero-order valence-electron chi connectivity index (χ0n) is 10.9. The van der Waals surface area contributed by atoms with Crippen molar-refractivity contribution in [2.75, 3.05) is 18.5 Å². The van der Waals surface area contributed by atoms with Crippen molar-refractivity contribution in [3.05, 3.63) is 24.3 Å². The van der Waals surface area contributed by atoms with Crippen LogP contribution in [0.3, 0.4) is 0 Å². The highest BCUT2D eigenvalue weighted by Gasteiger charge is 2.23. The van der Waals surface area contributed by atoms with Crippen LogP contribution in [0.25, 0.3) is 0 Å². The molecule has 0 aromatic heterocycles. The molecule has 19 heavy (non-hydrogen) atoms. The fourth-order valence-electron chi connectivity index (χ4n) is 2.52. The molecule has 0 radical (unpaired) electrons. The second-order valence-electron chi connectivity index (χ2n) is 5.27. The van der Waals surface area contributed by atoms with Crippen LogP contribution in [0.2, 0.25) is 0 Å². The minimum atomic E-state index is 0.151. The number of carbonyl (C=O) groups excluding carboxylic acids is 1. The van der Waals surface area contributed by atoms with Crippen molar-refractivity contribution in [1.82, 2.24) is 0 Å². The Kier molecular flexibility index (Phi) is 3.69. The summed E-state index contributed by atoms with van der Waals surface area (Å²) in [5, 5.41) is 2.97. The van der Waals surface area contributed by atoms with Gasteiger partial charge in [-0.05, 0) is 37.1 Å². The van der Waals surface area contributed by atoms with E-state index in [0.29, 0.717) is 13.2 Å². The minimum absolute atomic E-state index is 0.151. The fraction of sp³-hybridized carbons (Fsp3) is 0.533. The molecule has 0 atom stereocenters. The van der Waals surface area contributed by atoms with Gasteiger partial charge in [0, 0.05) is 11.6 Å². The SMILES string of the molecule is O=C(Nc1ccc(OC2COC2)cc1)C1CCCC1. The summed E-state index contributed by atoms with van der Waals surface area (Å²) in [6.07, 6.45) is 4.57. The van der Waals surface area contributed by atoms with Crippen molar-refractivity contribution < 1.29 is 14.3 Å². The molecule has 0 unspecified atom stereocenters. The number of anilines is 1. The number of hydrogen-bond acceptors (Lipinski definition) is 3. The first-order valence-electron chi connectivity index (χ1n) is 6.96. The van der Waals surface area contributed by atoms with Crippen LogP contribution in [0.15, 0.2) is 24.3 Å². The maximum atomic E-state index is 12.0. The third-order valence-corrected chi connectivity index (χ3v) is 3.76. The van der Waals surface area contributed by atoms with Crippen molar-refractivity contribution >= 4 is 11.6 Å². The summed E-state index contributed by atoms with van der Waals surface area (Å²) < 4.78 is 10.7. The first-order valence-corrected chi connectivity index (χ1v) is 6.96. The second-order valence-corrected chi connectivity index (χ2v) is 5.27. The van der Waals surface area contributed by atoms with E-state index in [1.807, 2.05) is 24.3 Å². The van der Waals surface area contributed by atoms with E-state index in [0.717, 1.165) is 24.3 Å². The predicted octanol–water partition coefficient (Wildman–Crippen LogP) is 2.59. The Morgan fingerprint density at radius 2 is 1.84 bits per heavy atom. The largest absolute Gasteiger partial charge is 0.486 e. The van der Waals surface area contributed by atoms with Gasteiger partial charge in [0.05, 0.1) is 13.2 Å². The molecule has 1 aliphatic heterocycles. The van der Waals surface area contributed by atoms with Crippen LogP contribution in [0.4, 0.5) is 5.69 Å². The monoisotopic (exact) mass is 261 g/mol. The lowest BCUT2D eigenvalue weighted by molar-refractivity contribution is -0.119. The second kappa shape index (κ2) is 5.61. The van der Waals surface area contributed by atoms with Gasteiger partial charge in [0.25, 0.3) is 0 Å². The van der Waals surface area contributed by atoms with E-state index in [4.69, 9.17) is 9.47 Å². The maximum absolute atomic E-state index is 12.0. The molecule has 1 aromatic rings. The van der Waals surface area contributed by atoms with Crippen LogP contribution < -0.4 is 10.1 Å². The summed E-state index contributed by atoms with van der Waals surface area (Å²) in [6, 6.07) is 7.56. The van der Waals surface area contributed by atoms with Crippen LogP contribution in [0.1, 0.15) is 25.7 Å². The summed E-state index contributed by atoms with van der Waals surface area (Å²) in [7, 11) is 0. The van der Waals surface area contributed by atoms with Crippen LogP contribution in [0.5, 0.6) is 5.75 Å². The van der Waals surface area contributed by atoms with Gasteiger partial charge in [-0.15, -0.1) is 0 Å². The van der Waals surface area contributed by atoms with Gasteiger partial charge in [-0.2, -0.15) is 0 Å². The highest BCUT2D eigenvalue weighted by molar-refractivity contribution is 5.92. The number of benzene rings is 1. The normalized spacial score (nSPS) is 20.0. The van der Waals surface area contributed by atoms with Crippen LogP contribution in [-0.4, -0.2) is 25.2 Å². The van der Waals surface area contributed by atoms with Crippen LogP contribution in [0, 0.1) is 5.92 Å². The lowest BCUT2D eigenvalue weighted by atomic mass is 10.1. The number of carbonyl (C=O) groups is 1.